The molecule has 2 N–H and O–H groups in total. The average molecular weight is 225 g/mol. The van der Waals surface area contributed by atoms with Crippen molar-refractivity contribution in [3.63, 3.8) is 0 Å². The van der Waals surface area contributed by atoms with Crippen molar-refractivity contribution in [3.8, 4) is 0 Å². The van der Waals surface area contributed by atoms with Gasteiger partial charge >= 0.3 is 0 Å². The first-order valence-electron chi connectivity index (χ1n) is 5.12. The van der Waals surface area contributed by atoms with E-state index in [2.05, 4.69) is 0 Å². The van der Waals surface area contributed by atoms with E-state index < -0.39 is 9.84 Å². The molecule has 0 aromatic heterocycles. The van der Waals surface area contributed by atoms with Crippen LogP contribution in [0.4, 0.5) is 0 Å². The Hall–Kier alpha value is -0.870. The quantitative estimate of drug-likeness (QED) is 0.850. The van der Waals surface area contributed by atoms with Gasteiger partial charge in [0.1, 0.15) is 0 Å². The maximum absolute atomic E-state index is 12.1. The molecule has 1 aromatic carbocycles. The molecule has 1 aromatic rings. The highest BCUT2D eigenvalue weighted by Crippen LogP contribution is 2.35. The van der Waals surface area contributed by atoms with Gasteiger partial charge in [-0.05, 0) is 31.4 Å². The molecule has 0 heterocycles. The predicted molar refractivity (Wildman–Crippen MR) is 59.3 cm³/mol. The summed E-state index contributed by atoms with van der Waals surface area (Å²) in [5, 5.41) is -0.169. The molecule has 1 unspecified atom stereocenters. The molecule has 0 amide bonds. The Morgan fingerprint density at radius 2 is 1.93 bits per heavy atom. The molecule has 82 valence electrons. The molecule has 1 aliphatic carbocycles. The fraction of sp³-hybridized carbons (Fsp3) is 0.455. The minimum Gasteiger partial charge on any atom is -0.324 e. The molecule has 0 saturated heterocycles. The molecular formula is C11H15NO2S. The average Bonchev–Trinajstić information content (AvgIpc) is 3.01. The van der Waals surface area contributed by atoms with Crippen LogP contribution >= 0.6 is 0 Å². The van der Waals surface area contributed by atoms with Gasteiger partial charge in [-0.3, -0.25) is 0 Å². The third kappa shape index (κ3) is 1.92. The SMILES string of the molecule is CC(N)c1ccccc1S(=O)(=O)C1CC1. The number of hydrogen-bond acceptors (Lipinski definition) is 3. The summed E-state index contributed by atoms with van der Waals surface area (Å²) in [5.74, 6) is 0. The van der Waals surface area contributed by atoms with E-state index in [1.165, 1.54) is 0 Å². The summed E-state index contributed by atoms with van der Waals surface area (Å²) in [6.45, 7) is 1.81. The summed E-state index contributed by atoms with van der Waals surface area (Å²) in [4.78, 5) is 0.419. The van der Waals surface area contributed by atoms with E-state index in [1.807, 2.05) is 6.07 Å². The molecule has 0 aliphatic heterocycles. The molecule has 1 aliphatic rings. The van der Waals surface area contributed by atoms with Gasteiger partial charge in [0.2, 0.25) is 0 Å². The topological polar surface area (TPSA) is 60.2 Å². The van der Waals surface area contributed by atoms with Crippen molar-refractivity contribution in [1.29, 1.82) is 0 Å². The second-order valence-electron chi connectivity index (χ2n) is 4.07. The molecule has 15 heavy (non-hydrogen) atoms. The Morgan fingerprint density at radius 1 is 1.33 bits per heavy atom. The van der Waals surface area contributed by atoms with Crippen LogP contribution in [0.15, 0.2) is 29.2 Å². The number of benzene rings is 1. The first kappa shape index (κ1) is 10.6. The van der Waals surface area contributed by atoms with Gasteiger partial charge in [-0.25, -0.2) is 8.42 Å². The second-order valence-corrected chi connectivity index (χ2v) is 6.27. The summed E-state index contributed by atoms with van der Waals surface area (Å²) >= 11 is 0. The first-order chi connectivity index (χ1) is 7.03. The van der Waals surface area contributed by atoms with Crippen molar-refractivity contribution < 1.29 is 8.42 Å². The molecule has 1 fully saturated rings. The van der Waals surface area contributed by atoms with Gasteiger partial charge in [0.15, 0.2) is 9.84 Å². The van der Waals surface area contributed by atoms with E-state index in [1.54, 1.807) is 25.1 Å². The number of rotatable bonds is 3. The Morgan fingerprint density at radius 3 is 2.47 bits per heavy atom. The summed E-state index contributed by atoms with van der Waals surface area (Å²) in [7, 11) is -3.12. The third-order valence-corrected chi connectivity index (χ3v) is 5.01. The van der Waals surface area contributed by atoms with Crippen LogP contribution in [-0.4, -0.2) is 13.7 Å². The lowest BCUT2D eigenvalue weighted by atomic mass is 10.1. The fourth-order valence-corrected chi connectivity index (χ4v) is 3.64. The van der Waals surface area contributed by atoms with Crippen molar-refractivity contribution in [2.24, 2.45) is 5.73 Å². The highest BCUT2D eigenvalue weighted by Gasteiger charge is 2.38. The van der Waals surface area contributed by atoms with Crippen LogP contribution in [0.1, 0.15) is 31.4 Å². The van der Waals surface area contributed by atoms with E-state index in [9.17, 15) is 8.42 Å². The van der Waals surface area contributed by atoms with Gasteiger partial charge in [-0.2, -0.15) is 0 Å². The van der Waals surface area contributed by atoms with Gasteiger partial charge in [0.05, 0.1) is 10.1 Å². The van der Waals surface area contributed by atoms with Gasteiger partial charge in [-0.15, -0.1) is 0 Å². The van der Waals surface area contributed by atoms with Crippen molar-refractivity contribution in [2.75, 3.05) is 0 Å². The number of hydrogen-bond donors (Lipinski definition) is 1. The predicted octanol–water partition coefficient (Wildman–Crippen LogP) is 1.64. The van der Waals surface area contributed by atoms with Crippen LogP contribution in [0.2, 0.25) is 0 Å². The van der Waals surface area contributed by atoms with Crippen LogP contribution < -0.4 is 5.73 Å². The van der Waals surface area contributed by atoms with Gasteiger partial charge < -0.3 is 5.73 Å². The minimum absolute atomic E-state index is 0.169. The van der Waals surface area contributed by atoms with Crippen LogP contribution in [0.25, 0.3) is 0 Å². The monoisotopic (exact) mass is 225 g/mol. The second kappa shape index (κ2) is 3.61. The van der Waals surface area contributed by atoms with Gasteiger partial charge in [0, 0.05) is 6.04 Å². The smallest absolute Gasteiger partial charge is 0.181 e. The zero-order chi connectivity index (χ0) is 11.1. The molecule has 0 spiro atoms. The Kier molecular flexibility index (Phi) is 2.56. The van der Waals surface area contributed by atoms with Crippen molar-refractivity contribution in [3.05, 3.63) is 29.8 Å². The lowest BCUT2D eigenvalue weighted by Crippen LogP contribution is -2.14. The Bertz CT molecular complexity index is 461. The normalized spacial score (nSPS) is 18.8. The van der Waals surface area contributed by atoms with Crippen LogP contribution in [0, 0.1) is 0 Å². The highest BCUT2D eigenvalue weighted by molar-refractivity contribution is 7.92. The molecule has 2 rings (SSSR count). The van der Waals surface area contributed by atoms with Crippen LogP contribution in [0.5, 0.6) is 0 Å². The molecular weight excluding hydrogens is 210 g/mol. The van der Waals surface area contributed by atoms with E-state index in [-0.39, 0.29) is 11.3 Å². The maximum atomic E-state index is 12.1. The maximum Gasteiger partial charge on any atom is 0.181 e. The lowest BCUT2D eigenvalue weighted by Gasteiger charge is -2.12. The standard InChI is InChI=1S/C11H15NO2S/c1-8(12)10-4-2-3-5-11(10)15(13,14)9-6-7-9/h2-5,8-9H,6-7,12H2,1H3. The molecule has 1 saturated carbocycles. The Balaban J connectivity index is 2.52. The molecule has 0 radical (unpaired) electrons. The summed E-state index contributed by atoms with van der Waals surface area (Å²) in [5.41, 5.74) is 6.49. The van der Waals surface area contributed by atoms with Gasteiger partial charge in [0.25, 0.3) is 0 Å². The zero-order valence-corrected chi connectivity index (χ0v) is 9.50. The first-order valence-corrected chi connectivity index (χ1v) is 6.66. The van der Waals surface area contributed by atoms with Crippen molar-refractivity contribution in [1.82, 2.24) is 0 Å². The van der Waals surface area contributed by atoms with Gasteiger partial charge in [-0.1, -0.05) is 18.2 Å². The molecule has 4 heteroatoms. The molecule has 0 bridgehead atoms. The van der Waals surface area contributed by atoms with E-state index in [0.29, 0.717) is 4.90 Å². The minimum atomic E-state index is -3.12. The summed E-state index contributed by atoms with van der Waals surface area (Å²) < 4.78 is 24.1. The van der Waals surface area contributed by atoms with Crippen LogP contribution in [0.3, 0.4) is 0 Å². The van der Waals surface area contributed by atoms with E-state index >= 15 is 0 Å². The van der Waals surface area contributed by atoms with E-state index in [0.717, 1.165) is 18.4 Å². The van der Waals surface area contributed by atoms with Crippen molar-refractivity contribution in [2.45, 2.75) is 36.0 Å². The zero-order valence-electron chi connectivity index (χ0n) is 8.68. The number of sulfone groups is 1. The number of nitrogens with two attached hydrogens (primary N) is 1. The van der Waals surface area contributed by atoms with E-state index in [4.69, 9.17) is 5.73 Å². The third-order valence-electron chi connectivity index (χ3n) is 2.68. The largest absolute Gasteiger partial charge is 0.324 e. The lowest BCUT2D eigenvalue weighted by molar-refractivity contribution is 0.592. The summed E-state index contributed by atoms with van der Waals surface area (Å²) in [6.07, 6.45) is 1.57. The molecule has 1 atom stereocenters. The molecule has 3 nitrogen and oxygen atoms in total. The van der Waals surface area contributed by atoms with Crippen LogP contribution in [-0.2, 0) is 9.84 Å². The fourth-order valence-electron chi connectivity index (χ4n) is 1.67. The highest BCUT2D eigenvalue weighted by atomic mass is 32.2. The Labute approximate surface area is 90.2 Å². The van der Waals surface area contributed by atoms with Crippen molar-refractivity contribution >= 4 is 9.84 Å². The summed E-state index contributed by atoms with van der Waals surface area (Å²) in [6, 6.07) is 6.78.